The van der Waals surface area contributed by atoms with Gasteiger partial charge in [0.25, 0.3) is 0 Å². The topological polar surface area (TPSA) is 38.8 Å². The number of rotatable bonds is 10. The molecule has 0 aromatic heterocycles. The van der Waals surface area contributed by atoms with Crippen molar-refractivity contribution in [1.82, 2.24) is 4.90 Å². The van der Waals surface area contributed by atoms with Crippen LogP contribution < -0.4 is 0 Å². The lowest BCUT2D eigenvalue weighted by Gasteiger charge is -2.14. The van der Waals surface area contributed by atoms with Crippen molar-refractivity contribution in [1.29, 1.82) is 0 Å². The molecule has 4 nitrogen and oxygen atoms in total. The number of carbonyl (C=O) groups is 1. The van der Waals surface area contributed by atoms with Crippen LogP contribution in [0.5, 0.6) is 0 Å². The third-order valence-corrected chi connectivity index (χ3v) is 2.55. The lowest BCUT2D eigenvalue weighted by Crippen LogP contribution is -2.28. The van der Waals surface area contributed by atoms with Gasteiger partial charge in [-0.25, -0.2) is 0 Å². The molecule has 0 radical (unpaired) electrons. The van der Waals surface area contributed by atoms with Gasteiger partial charge in [0.15, 0.2) is 0 Å². The molecule has 0 bridgehead atoms. The molecule has 0 aliphatic heterocycles. The third kappa shape index (κ3) is 11.6. The fourth-order valence-corrected chi connectivity index (χ4v) is 1.27. The van der Waals surface area contributed by atoms with Crippen molar-refractivity contribution in [2.45, 2.75) is 33.6 Å². The molecule has 0 heterocycles. The van der Waals surface area contributed by atoms with Gasteiger partial charge in [-0.15, -0.1) is 0 Å². The van der Waals surface area contributed by atoms with E-state index in [4.69, 9.17) is 9.47 Å². The van der Waals surface area contributed by atoms with Crippen molar-refractivity contribution < 1.29 is 14.3 Å². The molecule has 0 unspecified atom stereocenters. The van der Waals surface area contributed by atoms with Gasteiger partial charge in [0.2, 0.25) is 5.91 Å². The Kier molecular flexibility index (Phi) is 10.2. The molecule has 0 aromatic carbocycles. The van der Waals surface area contributed by atoms with Crippen LogP contribution >= 0.6 is 0 Å². The smallest absolute Gasteiger partial charge is 0.219 e. The maximum Gasteiger partial charge on any atom is 0.219 e. The molecule has 102 valence electrons. The first-order valence-corrected chi connectivity index (χ1v) is 6.41. The van der Waals surface area contributed by atoms with E-state index in [1.54, 1.807) is 18.9 Å². The maximum absolute atomic E-state index is 10.9. The second kappa shape index (κ2) is 10.5. The molecule has 0 saturated heterocycles. The normalized spacial score (nSPS) is 10.9. The predicted octanol–water partition coefficient (Wildman–Crippen LogP) is 1.93. The summed E-state index contributed by atoms with van der Waals surface area (Å²) in [5.41, 5.74) is 0. The van der Waals surface area contributed by atoms with E-state index in [0.717, 1.165) is 18.9 Å². The average molecular weight is 245 g/mol. The van der Waals surface area contributed by atoms with Crippen molar-refractivity contribution in [3.8, 4) is 0 Å². The highest BCUT2D eigenvalue weighted by Crippen LogP contribution is 2.02. The van der Waals surface area contributed by atoms with Crippen LogP contribution in [0.1, 0.15) is 33.6 Å². The van der Waals surface area contributed by atoms with Gasteiger partial charge in [-0.2, -0.15) is 0 Å². The van der Waals surface area contributed by atoms with Crippen LogP contribution in [-0.2, 0) is 14.3 Å². The highest BCUT2D eigenvalue weighted by Gasteiger charge is 2.00. The van der Waals surface area contributed by atoms with E-state index in [0.29, 0.717) is 26.4 Å². The number of hydrogen-bond donors (Lipinski definition) is 0. The molecule has 0 spiro atoms. The molecule has 0 N–H and O–H groups in total. The Morgan fingerprint density at radius 1 is 1.12 bits per heavy atom. The van der Waals surface area contributed by atoms with Crippen LogP contribution in [0.3, 0.4) is 0 Å². The summed E-state index contributed by atoms with van der Waals surface area (Å²) in [5.74, 6) is 0.815. The highest BCUT2D eigenvalue weighted by molar-refractivity contribution is 5.72. The van der Waals surface area contributed by atoms with Crippen molar-refractivity contribution in [2.24, 2.45) is 5.92 Å². The third-order valence-electron chi connectivity index (χ3n) is 2.55. The zero-order valence-corrected chi connectivity index (χ0v) is 11.7. The fourth-order valence-electron chi connectivity index (χ4n) is 1.27. The van der Waals surface area contributed by atoms with Gasteiger partial charge in [-0.05, 0) is 18.8 Å². The average Bonchev–Trinajstić information content (AvgIpc) is 2.25. The minimum absolute atomic E-state index is 0.0681. The first-order chi connectivity index (χ1) is 8.04. The van der Waals surface area contributed by atoms with Gasteiger partial charge >= 0.3 is 0 Å². The summed E-state index contributed by atoms with van der Waals surface area (Å²) in [6.07, 6.45) is 2.33. The van der Waals surface area contributed by atoms with Gasteiger partial charge in [-0.3, -0.25) is 4.79 Å². The monoisotopic (exact) mass is 245 g/mol. The van der Waals surface area contributed by atoms with E-state index in [1.807, 2.05) is 0 Å². The summed E-state index contributed by atoms with van der Waals surface area (Å²) < 4.78 is 10.8. The van der Waals surface area contributed by atoms with Crippen molar-refractivity contribution in [2.75, 3.05) is 40.0 Å². The Balaban J connectivity index is 3.11. The van der Waals surface area contributed by atoms with Crippen LogP contribution in [0.15, 0.2) is 0 Å². The van der Waals surface area contributed by atoms with Gasteiger partial charge < -0.3 is 14.4 Å². The number of likely N-dealkylation sites (N-methyl/N-ethyl adjacent to an activating group) is 1. The Labute approximate surface area is 105 Å². The first-order valence-electron chi connectivity index (χ1n) is 6.41. The summed E-state index contributed by atoms with van der Waals surface area (Å²) in [6, 6.07) is 0. The van der Waals surface area contributed by atoms with Crippen molar-refractivity contribution in [3.63, 3.8) is 0 Å². The van der Waals surface area contributed by atoms with Crippen LogP contribution in [0, 0.1) is 5.92 Å². The van der Waals surface area contributed by atoms with Crippen LogP contribution in [0.4, 0.5) is 0 Å². The summed E-state index contributed by atoms with van der Waals surface area (Å²) in [7, 11) is 1.77. The molecule has 0 fully saturated rings. The van der Waals surface area contributed by atoms with Crippen molar-refractivity contribution >= 4 is 5.91 Å². The van der Waals surface area contributed by atoms with Gasteiger partial charge in [0.1, 0.15) is 0 Å². The molecule has 0 aliphatic rings. The quantitative estimate of drug-likeness (QED) is 0.552. The molecule has 1 amide bonds. The predicted molar refractivity (Wildman–Crippen MR) is 69.0 cm³/mol. The largest absolute Gasteiger partial charge is 0.379 e. The van der Waals surface area contributed by atoms with Crippen LogP contribution in [0.25, 0.3) is 0 Å². The standard InChI is InChI=1S/C13H27NO3/c1-12(2)6-5-8-16-10-11-17-9-7-14(4)13(3)15/h12H,5-11H2,1-4H3. The molecular formula is C13H27NO3. The number of carbonyl (C=O) groups excluding carboxylic acids is 1. The van der Waals surface area contributed by atoms with E-state index in [-0.39, 0.29) is 5.91 Å². The van der Waals surface area contributed by atoms with Crippen molar-refractivity contribution in [3.05, 3.63) is 0 Å². The minimum Gasteiger partial charge on any atom is -0.379 e. The lowest BCUT2D eigenvalue weighted by molar-refractivity contribution is -0.128. The van der Waals surface area contributed by atoms with E-state index in [2.05, 4.69) is 13.8 Å². The zero-order valence-electron chi connectivity index (χ0n) is 11.7. The fraction of sp³-hybridized carbons (Fsp3) is 0.923. The van der Waals surface area contributed by atoms with Gasteiger partial charge in [0.05, 0.1) is 19.8 Å². The van der Waals surface area contributed by atoms with E-state index >= 15 is 0 Å². The van der Waals surface area contributed by atoms with Crippen LogP contribution in [0.2, 0.25) is 0 Å². The molecular weight excluding hydrogens is 218 g/mol. The van der Waals surface area contributed by atoms with Gasteiger partial charge in [0, 0.05) is 27.1 Å². The summed E-state index contributed by atoms with van der Waals surface area (Å²) in [4.78, 5) is 12.5. The summed E-state index contributed by atoms with van der Waals surface area (Å²) >= 11 is 0. The maximum atomic E-state index is 10.9. The molecule has 0 atom stereocenters. The Morgan fingerprint density at radius 2 is 1.71 bits per heavy atom. The van der Waals surface area contributed by atoms with E-state index < -0.39 is 0 Å². The summed E-state index contributed by atoms with van der Waals surface area (Å²) in [6.45, 7) is 9.26. The Hall–Kier alpha value is -0.610. The second-order valence-corrected chi connectivity index (χ2v) is 4.70. The number of ether oxygens (including phenoxy) is 2. The highest BCUT2D eigenvalue weighted by atomic mass is 16.5. The zero-order chi connectivity index (χ0) is 13.1. The molecule has 4 heteroatoms. The molecule has 0 aliphatic carbocycles. The lowest BCUT2D eigenvalue weighted by atomic mass is 10.1. The second-order valence-electron chi connectivity index (χ2n) is 4.70. The summed E-state index contributed by atoms with van der Waals surface area (Å²) in [5, 5.41) is 0. The number of nitrogens with zero attached hydrogens (tertiary/aromatic N) is 1. The first kappa shape index (κ1) is 16.4. The SMILES string of the molecule is CC(=O)N(C)CCOCCOCCCC(C)C. The molecule has 0 aromatic rings. The van der Waals surface area contributed by atoms with Crippen LogP contribution in [-0.4, -0.2) is 50.8 Å². The van der Waals surface area contributed by atoms with E-state index in [9.17, 15) is 4.79 Å². The Morgan fingerprint density at radius 3 is 2.24 bits per heavy atom. The van der Waals surface area contributed by atoms with E-state index in [1.165, 1.54) is 6.42 Å². The molecule has 0 saturated carbocycles. The van der Waals surface area contributed by atoms with Gasteiger partial charge in [-0.1, -0.05) is 13.8 Å². The number of amides is 1. The molecule has 0 rings (SSSR count). The number of hydrogen-bond acceptors (Lipinski definition) is 3. The minimum atomic E-state index is 0.0681. The molecule has 17 heavy (non-hydrogen) atoms. The Bertz CT molecular complexity index is 195.